The van der Waals surface area contributed by atoms with Crippen molar-refractivity contribution in [3.8, 4) is 5.75 Å². The van der Waals surface area contributed by atoms with Gasteiger partial charge in [0.2, 0.25) is 0 Å². The number of benzene rings is 1. The van der Waals surface area contributed by atoms with Crippen molar-refractivity contribution in [2.75, 3.05) is 5.73 Å². The van der Waals surface area contributed by atoms with Crippen molar-refractivity contribution in [1.82, 2.24) is 0 Å². The maximum absolute atomic E-state index is 10.3. The number of unbranched alkanes of at least 4 members (excludes halogenated alkanes) is 10. The number of hydrogen-bond acceptors (Lipinski definition) is 2. The van der Waals surface area contributed by atoms with Gasteiger partial charge in [0, 0.05) is 5.69 Å². The van der Waals surface area contributed by atoms with Crippen LogP contribution < -0.4 is 5.73 Å². The summed E-state index contributed by atoms with van der Waals surface area (Å²) in [5, 5.41) is 10.3. The normalized spacial score (nSPS) is 11.1. The molecule has 0 bridgehead atoms. The van der Waals surface area contributed by atoms with Crippen LogP contribution in [0.3, 0.4) is 0 Å². The Balaban J connectivity index is 2.46. The van der Waals surface area contributed by atoms with Crippen LogP contribution in [0.5, 0.6) is 5.75 Å². The van der Waals surface area contributed by atoms with Gasteiger partial charge in [0.1, 0.15) is 5.75 Å². The number of rotatable bonds is 14. The lowest BCUT2D eigenvalue weighted by Crippen LogP contribution is -2.02. The Morgan fingerprint density at radius 3 is 1.67 bits per heavy atom. The molecule has 0 spiro atoms. The average Bonchev–Trinajstić information content (AvgIpc) is 2.58. The molecule has 0 amide bonds. The molecule has 0 unspecified atom stereocenters. The van der Waals surface area contributed by atoms with E-state index < -0.39 is 0 Å². The van der Waals surface area contributed by atoms with E-state index in [1.54, 1.807) is 6.07 Å². The first-order chi connectivity index (χ1) is 11.7. The Kier molecular flexibility index (Phi) is 11.4. The van der Waals surface area contributed by atoms with E-state index in [4.69, 9.17) is 5.73 Å². The summed E-state index contributed by atoms with van der Waals surface area (Å²) in [6, 6.07) is 3.64. The number of phenols is 1. The Bertz CT molecular complexity index is 401. The van der Waals surface area contributed by atoms with Gasteiger partial charge in [-0.25, -0.2) is 0 Å². The molecule has 2 nitrogen and oxygen atoms in total. The molecule has 0 aliphatic carbocycles. The lowest BCUT2D eigenvalue weighted by molar-refractivity contribution is 0.464. The zero-order valence-electron chi connectivity index (χ0n) is 16.1. The van der Waals surface area contributed by atoms with Crippen LogP contribution >= 0.6 is 0 Å². The van der Waals surface area contributed by atoms with Crippen LogP contribution in [-0.4, -0.2) is 5.11 Å². The third kappa shape index (κ3) is 8.08. The van der Waals surface area contributed by atoms with Crippen LogP contribution in [0.2, 0.25) is 0 Å². The number of nitrogen functional groups attached to an aromatic ring is 1. The zero-order chi connectivity index (χ0) is 17.6. The molecule has 0 atom stereocenters. The second-order valence-corrected chi connectivity index (χ2v) is 7.17. The largest absolute Gasteiger partial charge is 0.508 e. The molecule has 3 N–H and O–H groups in total. The number of aromatic hydroxyl groups is 1. The minimum absolute atomic E-state index is 0.443. The van der Waals surface area contributed by atoms with E-state index in [0.29, 0.717) is 5.75 Å². The van der Waals surface area contributed by atoms with E-state index in [9.17, 15) is 5.11 Å². The summed E-state index contributed by atoms with van der Waals surface area (Å²) in [4.78, 5) is 0. The number of anilines is 1. The lowest BCUT2D eigenvalue weighted by atomic mass is 9.94. The van der Waals surface area contributed by atoms with Gasteiger partial charge in [0.25, 0.3) is 0 Å². The molecule has 1 aromatic rings. The van der Waals surface area contributed by atoms with Crippen LogP contribution in [0.25, 0.3) is 0 Å². The minimum Gasteiger partial charge on any atom is -0.508 e. The molecule has 0 aliphatic rings. The molecule has 0 aliphatic heterocycles. The van der Waals surface area contributed by atoms with Crippen molar-refractivity contribution >= 4 is 5.69 Å². The molecule has 0 saturated carbocycles. The number of phenolic OH excluding ortho intramolecular Hbond substituents is 1. The third-order valence-corrected chi connectivity index (χ3v) is 5.00. The van der Waals surface area contributed by atoms with Gasteiger partial charge in [-0.15, -0.1) is 0 Å². The molecule has 0 saturated heterocycles. The van der Waals surface area contributed by atoms with Crippen molar-refractivity contribution in [3.05, 3.63) is 23.3 Å². The van der Waals surface area contributed by atoms with Crippen LogP contribution in [0.1, 0.15) is 102 Å². The smallest absolute Gasteiger partial charge is 0.119 e. The van der Waals surface area contributed by atoms with Gasteiger partial charge < -0.3 is 10.8 Å². The van der Waals surface area contributed by atoms with Gasteiger partial charge in [-0.2, -0.15) is 0 Å². The standard InChI is InChI=1S/C22H39NO/c1-3-5-7-9-11-13-15-19-20(22(24)18-17-21(19)23)16-14-12-10-8-6-4-2/h17-18,24H,3-16,23H2,1-2H3. The molecule has 0 heterocycles. The molecule has 0 radical (unpaired) electrons. The molecule has 0 fully saturated rings. The Morgan fingerprint density at radius 2 is 1.12 bits per heavy atom. The van der Waals surface area contributed by atoms with E-state index in [1.165, 1.54) is 76.2 Å². The van der Waals surface area contributed by atoms with Crippen LogP contribution in [0, 0.1) is 0 Å². The summed E-state index contributed by atoms with van der Waals surface area (Å²) in [5.74, 6) is 0.443. The summed E-state index contributed by atoms with van der Waals surface area (Å²) in [7, 11) is 0. The molecule has 2 heteroatoms. The summed E-state index contributed by atoms with van der Waals surface area (Å²) >= 11 is 0. The topological polar surface area (TPSA) is 46.2 Å². The molecule has 24 heavy (non-hydrogen) atoms. The third-order valence-electron chi connectivity index (χ3n) is 5.00. The molecular formula is C22H39NO. The summed E-state index contributed by atoms with van der Waals surface area (Å²) < 4.78 is 0. The molecule has 0 aromatic heterocycles. The van der Waals surface area contributed by atoms with E-state index >= 15 is 0 Å². The number of hydrogen-bond donors (Lipinski definition) is 2. The first kappa shape index (κ1) is 20.9. The van der Waals surface area contributed by atoms with Crippen molar-refractivity contribution < 1.29 is 5.11 Å². The predicted molar refractivity (Wildman–Crippen MR) is 107 cm³/mol. The van der Waals surface area contributed by atoms with Crippen molar-refractivity contribution in [2.24, 2.45) is 0 Å². The van der Waals surface area contributed by atoms with E-state index in [-0.39, 0.29) is 0 Å². The number of nitrogens with two attached hydrogens (primary N) is 1. The van der Waals surface area contributed by atoms with Gasteiger partial charge in [-0.1, -0.05) is 78.1 Å². The predicted octanol–water partition coefficient (Wildman–Crippen LogP) is 6.78. The highest BCUT2D eigenvalue weighted by Gasteiger charge is 2.11. The molecule has 1 rings (SSSR count). The van der Waals surface area contributed by atoms with E-state index in [0.717, 1.165) is 30.5 Å². The second-order valence-electron chi connectivity index (χ2n) is 7.17. The summed E-state index contributed by atoms with van der Waals surface area (Å²) in [6.45, 7) is 4.50. The maximum Gasteiger partial charge on any atom is 0.119 e. The van der Waals surface area contributed by atoms with Crippen molar-refractivity contribution in [1.29, 1.82) is 0 Å². The van der Waals surface area contributed by atoms with Crippen LogP contribution in [-0.2, 0) is 12.8 Å². The lowest BCUT2D eigenvalue weighted by Gasteiger charge is -2.14. The van der Waals surface area contributed by atoms with Gasteiger partial charge in [-0.3, -0.25) is 0 Å². The Hall–Kier alpha value is -1.18. The molecule has 138 valence electrons. The second kappa shape index (κ2) is 13.1. The van der Waals surface area contributed by atoms with Crippen molar-refractivity contribution in [2.45, 2.75) is 104 Å². The summed E-state index contributed by atoms with van der Waals surface area (Å²) in [6.07, 6.45) is 17.4. The van der Waals surface area contributed by atoms with Crippen LogP contribution in [0.4, 0.5) is 5.69 Å². The highest BCUT2D eigenvalue weighted by Crippen LogP contribution is 2.30. The zero-order valence-corrected chi connectivity index (χ0v) is 16.1. The summed E-state index contributed by atoms with van der Waals surface area (Å²) in [5.41, 5.74) is 9.39. The first-order valence-electron chi connectivity index (χ1n) is 10.3. The highest BCUT2D eigenvalue weighted by atomic mass is 16.3. The van der Waals surface area contributed by atoms with Gasteiger partial charge in [-0.05, 0) is 48.9 Å². The SMILES string of the molecule is CCCCCCCCc1c(N)ccc(O)c1CCCCCCCC. The van der Waals surface area contributed by atoms with Gasteiger partial charge >= 0.3 is 0 Å². The monoisotopic (exact) mass is 333 g/mol. The van der Waals surface area contributed by atoms with E-state index in [2.05, 4.69) is 13.8 Å². The van der Waals surface area contributed by atoms with E-state index in [1.807, 2.05) is 6.07 Å². The Morgan fingerprint density at radius 1 is 0.667 bits per heavy atom. The molecule has 1 aromatic carbocycles. The molecular weight excluding hydrogens is 294 g/mol. The van der Waals surface area contributed by atoms with Crippen LogP contribution in [0.15, 0.2) is 12.1 Å². The Labute approximate surface area is 149 Å². The minimum atomic E-state index is 0.443. The first-order valence-corrected chi connectivity index (χ1v) is 10.3. The maximum atomic E-state index is 10.3. The fourth-order valence-corrected chi connectivity index (χ4v) is 3.44. The highest BCUT2D eigenvalue weighted by molar-refractivity contribution is 5.56. The van der Waals surface area contributed by atoms with Crippen molar-refractivity contribution in [3.63, 3.8) is 0 Å². The quantitative estimate of drug-likeness (QED) is 0.224. The van der Waals surface area contributed by atoms with Gasteiger partial charge in [0.05, 0.1) is 0 Å². The fourth-order valence-electron chi connectivity index (χ4n) is 3.44. The average molecular weight is 334 g/mol. The van der Waals surface area contributed by atoms with Gasteiger partial charge in [0.15, 0.2) is 0 Å². The fraction of sp³-hybridized carbons (Fsp3) is 0.727.